The van der Waals surface area contributed by atoms with E-state index in [4.69, 9.17) is 0 Å². The predicted molar refractivity (Wildman–Crippen MR) is 66.7 cm³/mol. The largest absolute Gasteiger partial charge is 0.465 e. The molecule has 1 aromatic carbocycles. The fraction of sp³-hybridized carbons (Fsp3) is 0.385. The van der Waals surface area contributed by atoms with Gasteiger partial charge in [-0.1, -0.05) is 0 Å². The standard InChI is InChI=1S/C13H17NO3/c1-9(15)10-5-7-11(8-6-10)14(12(16)17)13(2,3)4/h5-8H,1-4H3,(H,16,17). The van der Waals surface area contributed by atoms with E-state index in [1.807, 2.05) is 20.8 Å². The number of ketones is 1. The summed E-state index contributed by atoms with van der Waals surface area (Å²) in [6.07, 6.45) is -1.01. The van der Waals surface area contributed by atoms with Crippen LogP contribution in [-0.4, -0.2) is 22.5 Å². The van der Waals surface area contributed by atoms with Crippen LogP contribution in [0.4, 0.5) is 10.5 Å². The number of carbonyl (C=O) groups excluding carboxylic acids is 1. The van der Waals surface area contributed by atoms with E-state index in [0.717, 1.165) is 0 Å². The molecule has 17 heavy (non-hydrogen) atoms. The fourth-order valence-corrected chi connectivity index (χ4v) is 1.63. The Morgan fingerprint density at radius 3 is 1.88 bits per heavy atom. The van der Waals surface area contributed by atoms with Crippen LogP contribution < -0.4 is 4.90 Å². The SMILES string of the molecule is CC(=O)c1ccc(N(C(=O)O)C(C)(C)C)cc1. The minimum atomic E-state index is -1.01. The summed E-state index contributed by atoms with van der Waals surface area (Å²) in [5, 5.41) is 9.20. The highest BCUT2D eigenvalue weighted by Gasteiger charge is 2.27. The topological polar surface area (TPSA) is 57.6 Å². The van der Waals surface area contributed by atoms with E-state index >= 15 is 0 Å². The van der Waals surface area contributed by atoms with Gasteiger partial charge in [-0.05, 0) is 52.0 Å². The summed E-state index contributed by atoms with van der Waals surface area (Å²) in [6, 6.07) is 6.57. The Hall–Kier alpha value is -1.84. The lowest BCUT2D eigenvalue weighted by Crippen LogP contribution is -2.45. The van der Waals surface area contributed by atoms with Crippen LogP contribution in [0.15, 0.2) is 24.3 Å². The molecular weight excluding hydrogens is 218 g/mol. The van der Waals surface area contributed by atoms with Crippen molar-refractivity contribution in [3.8, 4) is 0 Å². The minimum absolute atomic E-state index is 0.0332. The number of nitrogens with zero attached hydrogens (tertiary/aromatic N) is 1. The molecule has 1 aromatic rings. The Balaban J connectivity index is 3.13. The molecule has 0 saturated carbocycles. The van der Waals surface area contributed by atoms with Crippen LogP contribution >= 0.6 is 0 Å². The number of hydrogen-bond acceptors (Lipinski definition) is 2. The number of Topliss-reactive ketones (excluding diaryl/α,β-unsaturated/α-hetero) is 1. The van der Waals surface area contributed by atoms with Gasteiger partial charge in [0.1, 0.15) is 0 Å². The van der Waals surface area contributed by atoms with E-state index in [0.29, 0.717) is 11.3 Å². The second kappa shape index (κ2) is 4.57. The molecule has 1 N–H and O–H groups in total. The van der Waals surface area contributed by atoms with Crippen molar-refractivity contribution in [2.45, 2.75) is 33.2 Å². The summed E-state index contributed by atoms with van der Waals surface area (Å²) >= 11 is 0. The molecule has 0 bridgehead atoms. The number of benzene rings is 1. The number of hydrogen-bond donors (Lipinski definition) is 1. The average molecular weight is 235 g/mol. The summed E-state index contributed by atoms with van der Waals surface area (Å²) in [5.74, 6) is -0.0332. The summed E-state index contributed by atoms with van der Waals surface area (Å²) < 4.78 is 0. The van der Waals surface area contributed by atoms with Gasteiger partial charge in [0.25, 0.3) is 0 Å². The van der Waals surface area contributed by atoms with Crippen molar-refractivity contribution < 1.29 is 14.7 Å². The van der Waals surface area contributed by atoms with Crippen LogP contribution in [0.3, 0.4) is 0 Å². The molecule has 0 heterocycles. The third-order valence-electron chi connectivity index (χ3n) is 2.39. The molecule has 0 atom stereocenters. The van der Waals surface area contributed by atoms with Gasteiger partial charge in [0.15, 0.2) is 5.78 Å². The number of amides is 1. The zero-order chi connectivity index (χ0) is 13.2. The van der Waals surface area contributed by atoms with E-state index in [2.05, 4.69) is 0 Å². The summed E-state index contributed by atoms with van der Waals surface area (Å²) in [5.41, 5.74) is 0.617. The van der Waals surface area contributed by atoms with Crippen LogP contribution in [0.1, 0.15) is 38.1 Å². The van der Waals surface area contributed by atoms with Crippen molar-refractivity contribution in [2.75, 3.05) is 4.90 Å². The molecule has 1 rings (SSSR count). The molecule has 1 amide bonds. The number of carboxylic acid groups (broad SMARTS) is 1. The Morgan fingerprint density at radius 1 is 1.12 bits per heavy atom. The molecule has 92 valence electrons. The first-order chi connectivity index (χ1) is 7.73. The molecular formula is C13H17NO3. The van der Waals surface area contributed by atoms with Crippen molar-refractivity contribution in [2.24, 2.45) is 0 Å². The summed E-state index contributed by atoms with van der Waals surface area (Å²) in [6.45, 7) is 6.94. The fourth-order valence-electron chi connectivity index (χ4n) is 1.63. The Morgan fingerprint density at radius 2 is 1.59 bits per heavy atom. The molecule has 0 saturated heterocycles. The van der Waals surface area contributed by atoms with E-state index in [-0.39, 0.29) is 5.78 Å². The number of rotatable bonds is 2. The number of anilines is 1. The van der Waals surface area contributed by atoms with Crippen LogP contribution in [0.5, 0.6) is 0 Å². The first kappa shape index (κ1) is 13.2. The highest BCUT2D eigenvalue weighted by atomic mass is 16.4. The molecule has 0 aliphatic heterocycles. The van der Waals surface area contributed by atoms with E-state index < -0.39 is 11.6 Å². The molecule has 4 nitrogen and oxygen atoms in total. The second-order valence-corrected chi connectivity index (χ2v) is 4.89. The lowest BCUT2D eigenvalue weighted by molar-refractivity contribution is 0.101. The highest BCUT2D eigenvalue weighted by molar-refractivity contribution is 5.95. The van der Waals surface area contributed by atoms with Crippen LogP contribution in [-0.2, 0) is 0 Å². The second-order valence-electron chi connectivity index (χ2n) is 4.89. The van der Waals surface area contributed by atoms with E-state index in [1.165, 1.54) is 11.8 Å². The van der Waals surface area contributed by atoms with Gasteiger partial charge in [0.2, 0.25) is 0 Å². The smallest absolute Gasteiger partial charge is 0.412 e. The minimum Gasteiger partial charge on any atom is -0.465 e. The first-order valence-electron chi connectivity index (χ1n) is 5.37. The van der Waals surface area contributed by atoms with E-state index in [9.17, 15) is 14.7 Å². The molecule has 0 spiro atoms. The van der Waals surface area contributed by atoms with Crippen molar-refractivity contribution in [3.05, 3.63) is 29.8 Å². The quantitative estimate of drug-likeness (QED) is 0.801. The van der Waals surface area contributed by atoms with Crippen molar-refractivity contribution in [1.82, 2.24) is 0 Å². The van der Waals surface area contributed by atoms with Crippen molar-refractivity contribution in [3.63, 3.8) is 0 Å². The van der Waals surface area contributed by atoms with Gasteiger partial charge in [-0.2, -0.15) is 0 Å². The Labute approximate surface area is 101 Å². The van der Waals surface area contributed by atoms with Gasteiger partial charge in [-0.3, -0.25) is 9.69 Å². The van der Waals surface area contributed by atoms with Crippen molar-refractivity contribution >= 4 is 17.6 Å². The first-order valence-corrected chi connectivity index (χ1v) is 5.37. The molecule has 0 fully saturated rings. The van der Waals surface area contributed by atoms with Gasteiger partial charge in [-0.15, -0.1) is 0 Å². The lowest BCUT2D eigenvalue weighted by atomic mass is 10.0. The van der Waals surface area contributed by atoms with E-state index in [1.54, 1.807) is 24.3 Å². The third kappa shape index (κ3) is 3.06. The average Bonchev–Trinajstić information content (AvgIpc) is 2.15. The zero-order valence-electron chi connectivity index (χ0n) is 10.5. The maximum Gasteiger partial charge on any atom is 0.412 e. The Kier molecular flexibility index (Phi) is 3.56. The van der Waals surface area contributed by atoms with Gasteiger partial charge < -0.3 is 5.11 Å². The molecule has 0 aliphatic carbocycles. The van der Waals surface area contributed by atoms with Crippen LogP contribution in [0.2, 0.25) is 0 Å². The van der Waals surface area contributed by atoms with Gasteiger partial charge in [-0.25, -0.2) is 4.79 Å². The van der Waals surface area contributed by atoms with Crippen LogP contribution in [0, 0.1) is 0 Å². The maximum absolute atomic E-state index is 11.2. The molecule has 0 aliphatic rings. The van der Waals surface area contributed by atoms with Gasteiger partial charge in [0.05, 0.1) is 0 Å². The molecule has 0 aromatic heterocycles. The Bertz CT molecular complexity index is 429. The number of carbonyl (C=O) groups is 2. The molecule has 4 heteroatoms. The van der Waals surface area contributed by atoms with Gasteiger partial charge in [0, 0.05) is 16.8 Å². The molecule has 0 radical (unpaired) electrons. The molecule has 0 unspecified atom stereocenters. The monoisotopic (exact) mass is 235 g/mol. The highest BCUT2D eigenvalue weighted by Crippen LogP contribution is 2.24. The summed E-state index contributed by atoms with van der Waals surface area (Å²) in [4.78, 5) is 23.6. The predicted octanol–water partition coefficient (Wildman–Crippen LogP) is 3.17. The zero-order valence-corrected chi connectivity index (χ0v) is 10.5. The lowest BCUT2D eigenvalue weighted by Gasteiger charge is -2.33. The normalized spacial score (nSPS) is 11.1. The van der Waals surface area contributed by atoms with Crippen molar-refractivity contribution in [1.29, 1.82) is 0 Å². The maximum atomic E-state index is 11.2. The third-order valence-corrected chi connectivity index (χ3v) is 2.39. The van der Waals surface area contributed by atoms with Gasteiger partial charge >= 0.3 is 6.09 Å². The summed E-state index contributed by atoms with van der Waals surface area (Å²) in [7, 11) is 0. The van der Waals surface area contributed by atoms with Crippen LogP contribution in [0.25, 0.3) is 0 Å².